The van der Waals surface area contributed by atoms with Gasteiger partial charge in [-0.25, -0.2) is 13.4 Å². The molecule has 0 aliphatic carbocycles. The van der Waals surface area contributed by atoms with Crippen molar-refractivity contribution < 1.29 is 8.42 Å². The van der Waals surface area contributed by atoms with Crippen LogP contribution < -0.4 is 0 Å². The number of hydrogen-bond acceptors (Lipinski definition) is 3. The lowest BCUT2D eigenvalue weighted by atomic mass is 10.3. The molecule has 1 heterocycles. The zero-order chi connectivity index (χ0) is 12.1. The van der Waals surface area contributed by atoms with Crippen LogP contribution in [-0.2, 0) is 16.9 Å². The summed E-state index contributed by atoms with van der Waals surface area (Å²) in [5.41, 5.74) is 1.35. The minimum Gasteiger partial charge on any atom is -0.318 e. The van der Waals surface area contributed by atoms with Crippen molar-refractivity contribution in [2.45, 2.75) is 5.16 Å². The first kappa shape index (κ1) is 12.1. The second-order valence-corrected chi connectivity index (χ2v) is 6.96. The molecular formula is C9H8ClIN2O2S. The molecule has 0 fully saturated rings. The summed E-state index contributed by atoms with van der Waals surface area (Å²) in [4.78, 5) is 4.10. The van der Waals surface area contributed by atoms with Crippen molar-refractivity contribution in [2.75, 3.05) is 6.26 Å². The standard InChI is InChI=1S/C9H8ClIN2O2S/c1-13-8-3-5(10)6(11)4-7(8)12-9(13)16(2,14)15/h3-4H,1-2H3. The highest BCUT2D eigenvalue weighted by Gasteiger charge is 2.17. The van der Waals surface area contributed by atoms with Crippen LogP contribution in [0.25, 0.3) is 11.0 Å². The largest absolute Gasteiger partial charge is 0.318 e. The number of fused-ring (bicyclic) bond motifs is 1. The molecule has 0 aliphatic rings. The summed E-state index contributed by atoms with van der Waals surface area (Å²) in [6, 6.07) is 3.49. The third-order valence-corrected chi connectivity index (χ3v) is 4.77. The smallest absolute Gasteiger partial charge is 0.228 e. The van der Waals surface area contributed by atoms with Crippen molar-refractivity contribution >= 4 is 55.1 Å². The van der Waals surface area contributed by atoms with Gasteiger partial charge in [0.1, 0.15) is 0 Å². The minimum absolute atomic E-state index is 0.0561. The zero-order valence-electron chi connectivity index (χ0n) is 8.53. The van der Waals surface area contributed by atoms with E-state index in [-0.39, 0.29) is 5.16 Å². The summed E-state index contributed by atoms with van der Waals surface area (Å²) in [5, 5.41) is 0.650. The molecule has 0 N–H and O–H groups in total. The highest BCUT2D eigenvalue weighted by Crippen LogP contribution is 2.26. The Balaban J connectivity index is 2.89. The Bertz CT molecular complexity index is 678. The quantitative estimate of drug-likeness (QED) is 0.724. The average Bonchev–Trinajstić information content (AvgIpc) is 2.45. The van der Waals surface area contributed by atoms with E-state index in [0.29, 0.717) is 16.1 Å². The van der Waals surface area contributed by atoms with Gasteiger partial charge in [-0.15, -0.1) is 0 Å². The van der Waals surface area contributed by atoms with Gasteiger partial charge in [0.05, 0.1) is 16.1 Å². The van der Waals surface area contributed by atoms with Crippen molar-refractivity contribution in [1.29, 1.82) is 0 Å². The molecule has 1 aromatic carbocycles. The molecule has 0 spiro atoms. The van der Waals surface area contributed by atoms with E-state index in [0.717, 1.165) is 9.83 Å². The average molecular weight is 371 g/mol. The van der Waals surface area contributed by atoms with E-state index in [1.54, 1.807) is 19.2 Å². The fourth-order valence-corrected chi connectivity index (χ4v) is 2.97. The maximum absolute atomic E-state index is 11.5. The molecule has 2 aromatic rings. The van der Waals surface area contributed by atoms with Crippen LogP contribution in [0, 0.1) is 3.57 Å². The van der Waals surface area contributed by atoms with Gasteiger partial charge in [0.2, 0.25) is 15.0 Å². The molecule has 0 radical (unpaired) electrons. The minimum atomic E-state index is -3.31. The van der Waals surface area contributed by atoms with Crippen molar-refractivity contribution in [3.63, 3.8) is 0 Å². The molecule has 86 valence electrons. The van der Waals surface area contributed by atoms with Crippen LogP contribution >= 0.6 is 34.2 Å². The summed E-state index contributed by atoms with van der Waals surface area (Å²) in [5.74, 6) is 0. The summed E-state index contributed by atoms with van der Waals surface area (Å²) < 4.78 is 25.3. The molecule has 0 aliphatic heterocycles. The number of sulfone groups is 1. The summed E-state index contributed by atoms with van der Waals surface area (Å²) >= 11 is 8.07. The van der Waals surface area contributed by atoms with Gasteiger partial charge in [0.25, 0.3) is 0 Å². The van der Waals surface area contributed by atoms with Gasteiger partial charge in [-0.2, -0.15) is 0 Å². The topological polar surface area (TPSA) is 52.0 Å². The summed E-state index contributed by atoms with van der Waals surface area (Å²) in [6.07, 6.45) is 1.14. The number of hydrogen-bond donors (Lipinski definition) is 0. The zero-order valence-corrected chi connectivity index (χ0v) is 12.3. The molecule has 2 rings (SSSR count). The molecule has 1 aromatic heterocycles. The van der Waals surface area contributed by atoms with Crippen LogP contribution in [0.5, 0.6) is 0 Å². The van der Waals surface area contributed by atoms with E-state index in [4.69, 9.17) is 11.6 Å². The molecule has 7 heteroatoms. The first-order chi connectivity index (χ1) is 7.30. The van der Waals surface area contributed by atoms with E-state index in [1.807, 2.05) is 0 Å². The van der Waals surface area contributed by atoms with Gasteiger partial charge in [0.15, 0.2) is 0 Å². The monoisotopic (exact) mass is 370 g/mol. The Morgan fingerprint density at radius 2 is 2.06 bits per heavy atom. The fourth-order valence-electron chi connectivity index (χ4n) is 1.50. The predicted octanol–water partition coefficient (Wildman–Crippen LogP) is 2.23. The Morgan fingerprint density at radius 3 is 2.62 bits per heavy atom. The highest BCUT2D eigenvalue weighted by atomic mass is 127. The second kappa shape index (κ2) is 3.85. The molecular weight excluding hydrogens is 363 g/mol. The molecule has 16 heavy (non-hydrogen) atoms. The molecule has 0 saturated carbocycles. The molecule has 0 atom stereocenters. The van der Waals surface area contributed by atoms with E-state index >= 15 is 0 Å². The van der Waals surface area contributed by atoms with Gasteiger partial charge in [-0.1, -0.05) is 11.6 Å². The molecule has 0 unspecified atom stereocenters. The normalized spacial score (nSPS) is 12.2. The number of benzene rings is 1. The number of rotatable bonds is 1. The molecule has 0 bridgehead atoms. The van der Waals surface area contributed by atoms with Crippen molar-refractivity contribution in [3.8, 4) is 0 Å². The van der Waals surface area contributed by atoms with E-state index in [9.17, 15) is 8.42 Å². The molecule has 4 nitrogen and oxygen atoms in total. The second-order valence-electron chi connectivity index (χ2n) is 3.48. The number of aromatic nitrogens is 2. The molecule has 0 saturated heterocycles. The number of halogens is 2. The third kappa shape index (κ3) is 1.93. The first-order valence-corrected chi connectivity index (χ1v) is 7.67. The Labute approximate surface area is 112 Å². The lowest BCUT2D eigenvalue weighted by Gasteiger charge is -1.99. The van der Waals surface area contributed by atoms with Crippen molar-refractivity contribution in [2.24, 2.45) is 7.05 Å². The maximum Gasteiger partial charge on any atom is 0.228 e. The third-order valence-electron chi connectivity index (χ3n) is 2.21. The van der Waals surface area contributed by atoms with Crippen LogP contribution in [-0.4, -0.2) is 24.2 Å². The van der Waals surface area contributed by atoms with Crippen LogP contribution in [0.4, 0.5) is 0 Å². The van der Waals surface area contributed by atoms with E-state index < -0.39 is 9.84 Å². The Hall–Kier alpha value is -0.340. The van der Waals surface area contributed by atoms with Crippen LogP contribution in [0.2, 0.25) is 5.02 Å². The SMILES string of the molecule is Cn1c(S(C)(=O)=O)nc2cc(I)c(Cl)cc21. The fraction of sp³-hybridized carbons (Fsp3) is 0.222. The van der Waals surface area contributed by atoms with Crippen LogP contribution in [0.3, 0.4) is 0 Å². The maximum atomic E-state index is 11.5. The lowest BCUT2D eigenvalue weighted by Crippen LogP contribution is -2.05. The summed E-state index contributed by atoms with van der Waals surface area (Å²) in [6.45, 7) is 0. The van der Waals surface area contributed by atoms with Crippen molar-refractivity contribution in [3.05, 3.63) is 20.7 Å². The number of imidazole rings is 1. The van der Waals surface area contributed by atoms with E-state index in [1.165, 1.54) is 4.57 Å². The van der Waals surface area contributed by atoms with Gasteiger partial charge in [-0.05, 0) is 34.7 Å². The van der Waals surface area contributed by atoms with Gasteiger partial charge >= 0.3 is 0 Å². The summed E-state index contributed by atoms with van der Waals surface area (Å²) in [7, 11) is -1.65. The predicted molar refractivity (Wildman–Crippen MR) is 71.6 cm³/mol. The Morgan fingerprint density at radius 1 is 1.44 bits per heavy atom. The van der Waals surface area contributed by atoms with Crippen molar-refractivity contribution in [1.82, 2.24) is 9.55 Å². The first-order valence-electron chi connectivity index (χ1n) is 4.32. The lowest BCUT2D eigenvalue weighted by molar-refractivity contribution is 0.587. The van der Waals surface area contributed by atoms with Gasteiger partial charge < -0.3 is 4.57 Å². The Kier molecular flexibility index (Phi) is 2.92. The highest BCUT2D eigenvalue weighted by molar-refractivity contribution is 14.1. The van der Waals surface area contributed by atoms with Crippen LogP contribution in [0.15, 0.2) is 17.3 Å². The number of aryl methyl sites for hydroxylation is 1. The van der Waals surface area contributed by atoms with Gasteiger partial charge in [-0.3, -0.25) is 0 Å². The molecule has 0 amide bonds. The van der Waals surface area contributed by atoms with Crippen LogP contribution in [0.1, 0.15) is 0 Å². The van der Waals surface area contributed by atoms with E-state index in [2.05, 4.69) is 27.6 Å². The number of nitrogens with zero attached hydrogens (tertiary/aromatic N) is 2. The van der Waals surface area contributed by atoms with Gasteiger partial charge in [0, 0.05) is 16.9 Å².